The Hall–Kier alpha value is -3.38. The average molecular weight is 435 g/mol. The van der Waals surface area contributed by atoms with Crippen molar-refractivity contribution in [3.63, 3.8) is 0 Å². The predicted molar refractivity (Wildman–Crippen MR) is 112 cm³/mol. The van der Waals surface area contributed by atoms with E-state index in [1.807, 2.05) is 6.07 Å². The number of aromatic nitrogens is 3. The zero-order chi connectivity index (χ0) is 21.4. The van der Waals surface area contributed by atoms with Crippen molar-refractivity contribution in [2.45, 2.75) is 34.7 Å². The van der Waals surface area contributed by atoms with Gasteiger partial charge >= 0.3 is 0 Å². The Morgan fingerprint density at radius 2 is 2.13 bits per heavy atom. The number of hydrogen-bond donors (Lipinski definition) is 2. The van der Waals surface area contributed by atoms with Gasteiger partial charge in [-0.2, -0.15) is 10.4 Å². The molecule has 1 saturated heterocycles. The summed E-state index contributed by atoms with van der Waals surface area (Å²) in [6, 6.07) is 9.92. The molecule has 0 spiro atoms. The lowest BCUT2D eigenvalue weighted by Crippen LogP contribution is -2.42. The molecule has 3 heterocycles. The van der Waals surface area contributed by atoms with Gasteiger partial charge in [0.2, 0.25) is 0 Å². The number of amides is 1. The highest BCUT2D eigenvalue weighted by molar-refractivity contribution is 7.99. The first-order chi connectivity index (χ1) is 15.1. The minimum atomic E-state index is -0.280. The first kappa shape index (κ1) is 19.6. The van der Waals surface area contributed by atoms with E-state index in [0.717, 1.165) is 28.2 Å². The van der Waals surface area contributed by atoms with Crippen LogP contribution in [0.15, 0.2) is 58.6 Å². The number of rotatable bonds is 5. The molecular weight excluding hydrogens is 415 g/mol. The number of benzene rings is 1. The van der Waals surface area contributed by atoms with Gasteiger partial charge in [-0.25, -0.2) is 4.39 Å². The lowest BCUT2D eigenvalue weighted by Gasteiger charge is -2.21. The maximum absolute atomic E-state index is 13.2. The molecular formula is C22H19FN6OS. The first-order valence-electron chi connectivity index (χ1n) is 10.0. The van der Waals surface area contributed by atoms with E-state index in [2.05, 4.69) is 26.7 Å². The third-order valence-corrected chi connectivity index (χ3v) is 7.02. The SMILES string of the molecule is N#CN1CC2CCC1[C@@H]2NC(=O)c1cc(-c2cnccc2Sc2ccc(F)cc2)[nH]n1. The zero-order valence-electron chi connectivity index (χ0n) is 16.5. The van der Waals surface area contributed by atoms with Gasteiger partial charge in [-0.1, -0.05) is 11.8 Å². The second kappa shape index (κ2) is 8.04. The van der Waals surface area contributed by atoms with Gasteiger partial charge in [-0.15, -0.1) is 0 Å². The normalized spacial score (nSPS) is 21.8. The predicted octanol–water partition coefficient (Wildman–Crippen LogP) is 3.44. The molecule has 2 N–H and O–H groups in total. The summed E-state index contributed by atoms with van der Waals surface area (Å²) in [6.45, 7) is 0.706. The summed E-state index contributed by atoms with van der Waals surface area (Å²) in [5.74, 6) is -0.220. The molecule has 156 valence electrons. The van der Waals surface area contributed by atoms with E-state index in [4.69, 9.17) is 0 Å². The largest absolute Gasteiger partial charge is 0.345 e. The van der Waals surface area contributed by atoms with Crippen molar-refractivity contribution in [2.75, 3.05) is 6.54 Å². The molecule has 1 amide bonds. The molecule has 1 aliphatic heterocycles. The molecule has 2 aliphatic rings. The molecule has 9 heteroatoms. The minimum absolute atomic E-state index is 0.0183. The number of H-pyrrole nitrogens is 1. The maximum atomic E-state index is 13.2. The summed E-state index contributed by atoms with van der Waals surface area (Å²) in [7, 11) is 0. The number of carbonyl (C=O) groups is 1. The second-order valence-electron chi connectivity index (χ2n) is 7.75. The second-order valence-corrected chi connectivity index (χ2v) is 8.87. The highest BCUT2D eigenvalue weighted by Gasteiger charge is 2.47. The highest BCUT2D eigenvalue weighted by atomic mass is 32.2. The van der Waals surface area contributed by atoms with E-state index in [1.54, 1.807) is 35.5 Å². The summed E-state index contributed by atoms with van der Waals surface area (Å²) >= 11 is 1.48. The molecule has 1 aromatic carbocycles. The van der Waals surface area contributed by atoms with Crippen LogP contribution in [0.4, 0.5) is 4.39 Å². The summed E-state index contributed by atoms with van der Waals surface area (Å²) in [6.07, 6.45) is 7.58. The van der Waals surface area contributed by atoms with Crippen LogP contribution in [0.2, 0.25) is 0 Å². The molecule has 7 nitrogen and oxygen atoms in total. The Labute approximate surface area is 182 Å². The van der Waals surface area contributed by atoms with Gasteiger partial charge in [-0.05, 0) is 55.2 Å². The molecule has 0 radical (unpaired) electrons. The zero-order valence-corrected chi connectivity index (χ0v) is 17.3. The third-order valence-electron chi connectivity index (χ3n) is 5.94. The van der Waals surface area contributed by atoms with Crippen LogP contribution >= 0.6 is 11.8 Å². The van der Waals surface area contributed by atoms with Gasteiger partial charge in [-0.3, -0.25) is 14.9 Å². The third kappa shape index (κ3) is 3.75. The van der Waals surface area contributed by atoms with Gasteiger partial charge < -0.3 is 10.2 Å². The van der Waals surface area contributed by atoms with Gasteiger partial charge in [0.15, 0.2) is 11.9 Å². The van der Waals surface area contributed by atoms with Crippen molar-refractivity contribution in [2.24, 2.45) is 5.92 Å². The Morgan fingerprint density at radius 1 is 1.29 bits per heavy atom. The number of piperidine rings is 1. The van der Waals surface area contributed by atoms with Crippen molar-refractivity contribution < 1.29 is 9.18 Å². The van der Waals surface area contributed by atoms with E-state index in [-0.39, 0.29) is 23.8 Å². The molecule has 3 aromatic rings. The number of aromatic amines is 1. The maximum Gasteiger partial charge on any atom is 0.272 e. The number of likely N-dealkylation sites (tertiary alicyclic amines) is 1. The number of nitriles is 1. The lowest BCUT2D eigenvalue weighted by atomic mass is 10.1. The highest BCUT2D eigenvalue weighted by Crippen LogP contribution is 2.38. The van der Waals surface area contributed by atoms with Gasteiger partial charge in [0.1, 0.15) is 5.82 Å². The fourth-order valence-corrected chi connectivity index (χ4v) is 5.36. The van der Waals surface area contributed by atoms with Crippen molar-refractivity contribution in [3.05, 3.63) is 60.3 Å². The minimum Gasteiger partial charge on any atom is -0.345 e. The summed E-state index contributed by atoms with van der Waals surface area (Å²) in [5, 5.41) is 19.5. The number of pyridine rings is 1. The number of carbonyl (C=O) groups excluding carboxylic acids is 1. The summed E-state index contributed by atoms with van der Waals surface area (Å²) < 4.78 is 13.2. The van der Waals surface area contributed by atoms with E-state index >= 15 is 0 Å². The summed E-state index contributed by atoms with van der Waals surface area (Å²) in [5.41, 5.74) is 1.78. The smallest absolute Gasteiger partial charge is 0.272 e. The van der Waals surface area contributed by atoms with Gasteiger partial charge in [0.05, 0.1) is 17.8 Å². The fraction of sp³-hybridized carbons (Fsp3) is 0.273. The number of nitrogens with one attached hydrogen (secondary N) is 2. The molecule has 5 rings (SSSR count). The average Bonchev–Trinajstić information content (AvgIpc) is 3.51. The van der Waals surface area contributed by atoms with E-state index in [0.29, 0.717) is 23.9 Å². The standard InChI is InChI=1S/C22H19FN6OS/c23-14-2-4-15(5-3-14)31-20-7-8-25-10-16(20)17-9-18(28-27-17)22(30)26-21-13-1-6-19(21)29(11-13)12-24/h2-5,7-10,13,19,21H,1,6,11H2,(H,26,30)(H,27,28)/t13?,19?,21-/m1/s1. The first-order valence-corrected chi connectivity index (χ1v) is 10.8. The summed E-state index contributed by atoms with van der Waals surface area (Å²) in [4.78, 5) is 20.6. The number of nitrogens with zero attached hydrogens (tertiary/aromatic N) is 4. The number of hydrogen-bond acceptors (Lipinski definition) is 6. The monoisotopic (exact) mass is 434 g/mol. The van der Waals surface area contributed by atoms with E-state index < -0.39 is 0 Å². The van der Waals surface area contributed by atoms with Crippen molar-refractivity contribution >= 4 is 17.7 Å². The van der Waals surface area contributed by atoms with Crippen LogP contribution in [0.3, 0.4) is 0 Å². The van der Waals surface area contributed by atoms with Crippen LogP contribution in [0.5, 0.6) is 0 Å². The van der Waals surface area contributed by atoms with Crippen LogP contribution in [-0.4, -0.2) is 44.6 Å². The Bertz CT molecular complexity index is 1160. The molecule has 31 heavy (non-hydrogen) atoms. The molecule has 1 aliphatic carbocycles. The lowest BCUT2D eigenvalue weighted by molar-refractivity contribution is 0.0924. The Morgan fingerprint density at radius 3 is 2.90 bits per heavy atom. The van der Waals surface area contributed by atoms with Gasteiger partial charge in [0, 0.05) is 34.3 Å². The quantitative estimate of drug-likeness (QED) is 0.597. The van der Waals surface area contributed by atoms with Crippen LogP contribution in [0.25, 0.3) is 11.3 Å². The van der Waals surface area contributed by atoms with Crippen LogP contribution in [0.1, 0.15) is 23.3 Å². The van der Waals surface area contributed by atoms with Gasteiger partial charge in [0.25, 0.3) is 5.91 Å². The van der Waals surface area contributed by atoms with Crippen LogP contribution < -0.4 is 5.32 Å². The fourth-order valence-electron chi connectivity index (χ4n) is 4.43. The molecule has 3 atom stereocenters. The molecule has 2 aromatic heterocycles. The molecule has 2 fully saturated rings. The Balaban J connectivity index is 1.34. The van der Waals surface area contributed by atoms with E-state index in [1.165, 1.54) is 23.9 Å². The topological polar surface area (TPSA) is 97.7 Å². The molecule has 2 bridgehead atoms. The Kier molecular flexibility index (Phi) is 5.08. The van der Waals surface area contributed by atoms with Crippen molar-refractivity contribution in [1.29, 1.82) is 5.26 Å². The van der Waals surface area contributed by atoms with Crippen molar-refractivity contribution in [3.8, 4) is 17.5 Å². The number of halogens is 1. The van der Waals surface area contributed by atoms with Crippen molar-refractivity contribution in [1.82, 2.24) is 25.4 Å². The molecule has 1 saturated carbocycles. The van der Waals surface area contributed by atoms with Crippen LogP contribution in [0, 0.1) is 23.2 Å². The number of fused-ring (bicyclic) bond motifs is 2. The molecule has 2 unspecified atom stereocenters. The van der Waals surface area contributed by atoms with Crippen LogP contribution in [-0.2, 0) is 0 Å². The van der Waals surface area contributed by atoms with E-state index in [9.17, 15) is 14.4 Å².